The number of hydrogen-bond donors (Lipinski definition) is 2. The van der Waals surface area contributed by atoms with E-state index in [1.807, 2.05) is 25.1 Å². The van der Waals surface area contributed by atoms with Gasteiger partial charge in [-0.25, -0.2) is 0 Å². The van der Waals surface area contributed by atoms with Crippen molar-refractivity contribution in [1.82, 2.24) is 10.6 Å². The van der Waals surface area contributed by atoms with Gasteiger partial charge in [-0.2, -0.15) is 0 Å². The van der Waals surface area contributed by atoms with E-state index in [4.69, 9.17) is 0 Å². The Balaban J connectivity index is 1.81. The summed E-state index contributed by atoms with van der Waals surface area (Å²) in [5.41, 5.74) is 1.21. The molecule has 0 saturated heterocycles. The van der Waals surface area contributed by atoms with Gasteiger partial charge in [0.2, 0.25) is 5.91 Å². The summed E-state index contributed by atoms with van der Waals surface area (Å²) in [7, 11) is 0. The molecule has 1 unspecified atom stereocenters. The Hall–Kier alpha value is -1.35. The monoisotopic (exact) mass is 274 g/mol. The predicted molar refractivity (Wildman–Crippen MR) is 82.5 cm³/mol. The van der Waals surface area contributed by atoms with E-state index >= 15 is 0 Å². The topological polar surface area (TPSA) is 41.1 Å². The molecule has 3 nitrogen and oxygen atoms in total. The van der Waals surface area contributed by atoms with Crippen LogP contribution in [0.15, 0.2) is 30.3 Å². The summed E-state index contributed by atoms with van der Waals surface area (Å²) in [5, 5.41) is 6.55. The molecule has 1 aliphatic carbocycles. The van der Waals surface area contributed by atoms with Gasteiger partial charge in [-0.05, 0) is 32.3 Å². The summed E-state index contributed by atoms with van der Waals surface area (Å²) in [6.07, 6.45) is 6.06. The summed E-state index contributed by atoms with van der Waals surface area (Å²) in [5.74, 6) is 0.125. The van der Waals surface area contributed by atoms with Gasteiger partial charge in [0, 0.05) is 12.1 Å². The van der Waals surface area contributed by atoms with Gasteiger partial charge in [-0.15, -0.1) is 0 Å². The summed E-state index contributed by atoms with van der Waals surface area (Å²) < 4.78 is 0. The van der Waals surface area contributed by atoms with Crippen LogP contribution in [0.1, 0.15) is 57.6 Å². The number of carbonyl (C=O) groups is 1. The van der Waals surface area contributed by atoms with Crippen molar-refractivity contribution in [1.29, 1.82) is 0 Å². The van der Waals surface area contributed by atoms with E-state index in [1.54, 1.807) is 0 Å². The zero-order valence-electron chi connectivity index (χ0n) is 12.6. The molecule has 20 heavy (non-hydrogen) atoms. The van der Waals surface area contributed by atoms with Gasteiger partial charge < -0.3 is 5.32 Å². The zero-order valence-corrected chi connectivity index (χ0v) is 12.6. The normalized spacial score (nSPS) is 19.3. The number of rotatable bonds is 5. The van der Waals surface area contributed by atoms with Crippen LogP contribution < -0.4 is 10.6 Å². The minimum atomic E-state index is -0.160. The van der Waals surface area contributed by atoms with E-state index in [2.05, 4.69) is 29.7 Å². The Morgan fingerprint density at radius 1 is 1.10 bits per heavy atom. The second-order valence-electron chi connectivity index (χ2n) is 5.86. The first-order valence-corrected chi connectivity index (χ1v) is 7.78. The molecule has 1 aromatic rings. The van der Waals surface area contributed by atoms with Crippen LogP contribution in [0.4, 0.5) is 0 Å². The molecule has 2 rings (SSSR count). The highest BCUT2D eigenvalue weighted by molar-refractivity contribution is 5.81. The molecule has 1 aromatic carbocycles. The summed E-state index contributed by atoms with van der Waals surface area (Å²) in [4.78, 5) is 12.2. The van der Waals surface area contributed by atoms with E-state index in [9.17, 15) is 4.79 Å². The lowest BCUT2D eigenvalue weighted by Gasteiger charge is -2.26. The van der Waals surface area contributed by atoms with Gasteiger partial charge in [-0.1, -0.05) is 49.6 Å². The van der Waals surface area contributed by atoms with E-state index < -0.39 is 0 Å². The summed E-state index contributed by atoms with van der Waals surface area (Å²) >= 11 is 0. The van der Waals surface area contributed by atoms with Crippen LogP contribution in [0.3, 0.4) is 0 Å². The number of amides is 1. The van der Waals surface area contributed by atoms with Gasteiger partial charge in [0.15, 0.2) is 0 Å². The fourth-order valence-corrected chi connectivity index (χ4v) is 2.86. The lowest BCUT2D eigenvalue weighted by molar-refractivity contribution is -0.123. The standard InChI is InChI=1S/C17H26N2O/c1-13(15-9-5-3-6-10-15)18-14(2)17(20)19-16-11-7-4-8-12-16/h3,5-6,9-10,13-14,16,18H,4,7-8,11-12H2,1-2H3,(H,19,20)/t13-,14?/m1/s1. The quantitative estimate of drug-likeness (QED) is 0.866. The van der Waals surface area contributed by atoms with Gasteiger partial charge in [0.1, 0.15) is 0 Å². The van der Waals surface area contributed by atoms with Crippen molar-refractivity contribution in [3.63, 3.8) is 0 Å². The second kappa shape index (κ2) is 7.44. The molecular weight excluding hydrogens is 248 g/mol. The van der Waals surface area contributed by atoms with Gasteiger partial charge in [0.25, 0.3) is 0 Å². The van der Waals surface area contributed by atoms with E-state index in [-0.39, 0.29) is 18.0 Å². The SMILES string of the molecule is CC(N[C@H](C)c1ccccc1)C(=O)NC1CCCCC1. The number of hydrogen-bond acceptors (Lipinski definition) is 2. The molecule has 1 aliphatic rings. The molecule has 1 amide bonds. The lowest BCUT2D eigenvalue weighted by atomic mass is 9.95. The molecule has 0 aliphatic heterocycles. The first-order valence-electron chi connectivity index (χ1n) is 7.78. The van der Waals surface area contributed by atoms with Crippen LogP contribution >= 0.6 is 0 Å². The van der Waals surface area contributed by atoms with Crippen molar-refractivity contribution in [2.45, 2.75) is 64.1 Å². The summed E-state index contributed by atoms with van der Waals surface area (Å²) in [6.45, 7) is 4.04. The van der Waals surface area contributed by atoms with Gasteiger partial charge in [0.05, 0.1) is 6.04 Å². The molecule has 110 valence electrons. The summed E-state index contributed by atoms with van der Waals surface area (Å²) in [6, 6.07) is 10.6. The molecule has 1 saturated carbocycles. The maximum atomic E-state index is 12.2. The smallest absolute Gasteiger partial charge is 0.237 e. The Morgan fingerprint density at radius 3 is 2.40 bits per heavy atom. The molecule has 0 radical (unpaired) electrons. The molecule has 0 spiro atoms. The average molecular weight is 274 g/mol. The maximum Gasteiger partial charge on any atom is 0.237 e. The van der Waals surface area contributed by atoms with Gasteiger partial charge >= 0.3 is 0 Å². The number of benzene rings is 1. The molecule has 3 heteroatoms. The van der Waals surface area contributed by atoms with Gasteiger partial charge in [-0.3, -0.25) is 10.1 Å². The Morgan fingerprint density at radius 2 is 1.75 bits per heavy atom. The van der Waals surface area contributed by atoms with Crippen LogP contribution in [0, 0.1) is 0 Å². The molecule has 0 bridgehead atoms. The largest absolute Gasteiger partial charge is 0.352 e. The van der Waals surface area contributed by atoms with Crippen LogP contribution in [0.2, 0.25) is 0 Å². The Labute approximate surface area is 122 Å². The highest BCUT2D eigenvalue weighted by atomic mass is 16.2. The third-order valence-electron chi connectivity index (χ3n) is 4.14. The molecule has 2 atom stereocenters. The Kier molecular flexibility index (Phi) is 5.60. The molecule has 1 fully saturated rings. The number of carbonyl (C=O) groups excluding carboxylic acids is 1. The van der Waals surface area contributed by atoms with Crippen LogP contribution in [-0.4, -0.2) is 18.0 Å². The fourth-order valence-electron chi connectivity index (χ4n) is 2.86. The fraction of sp³-hybridized carbons (Fsp3) is 0.588. The van der Waals surface area contributed by atoms with Crippen molar-refractivity contribution in [3.8, 4) is 0 Å². The minimum absolute atomic E-state index is 0.125. The highest BCUT2D eigenvalue weighted by Gasteiger charge is 2.20. The van der Waals surface area contributed by atoms with Crippen molar-refractivity contribution in [3.05, 3.63) is 35.9 Å². The third-order valence-corrected chi connectivity index (χ3v) is 4.14. The van der Waals surface area contributed by atoms with Crippen LogP contribution in [-0.2, 0) is 4.79 Å². The van der Waals surface area contributed by atoms with Crippen LogP contribution in [0.25, 0.3) is 0 Å². The first-order chi connectivity index (χ1) is 9.66. The third kappa shape index (κ3) is 4.34. The zero-order chi connectivity index (χ0) is 14.4. The molecule has 2 N–H and O–H groups in total. The van der Waals surface area contributed by atoms with Crippen LogP contribution in [0.5, 0.6) is 0 Å². The average Bonchev–Trinajstić information content (AvgIpc) is 2.49. The van der Waals surface area contributed by atoms with E-state index in [0.717, 1.165) is 12.8 Å². The van der Waals surface area contributed by atoms with E-state index in [1.165, 1.54) is 24.8 Å². The molecule has 0 heterocycles. The number of nitrogens with one attached hydrogen (secondary N) is 2. The first kappa shape index (κ1) is 15.0. The lowest BCUT2D eigenvalue weighted by Crippen LogP contribution is -2.47. The van der Waals surface area contributed by atoms with Crippen molar-refractivity contribution >= 4 is 5.91 Å². The molecular formula is C17H26N2O. The minimum Gasteiger partial charge on any atom is -0.352 e. The molecule has 0 aromatic heterocycles. The van der Waals surface area contributed by atoms with Crippen molar-refractivity contribution < 1.29 is 4.79 Å². The van der Waals surface area contributed by atoms with Crippen molar-refractivity contribution in [2.24, 2.45) is 0 Å². The Bertz CT molecular complexity index is 412. The highest BCUT2D eigenvalue weighted by Crippen LogP contribution is 2.17. The predicted octanol–water partition coefficient (Wildman–Crippen LogP) is 3.17. The van der Waals surface area contributed by atoms with E-state index in [0.29, 0.717) is 6.04 Å². The maximum absolute atomic E-state index is 12.2. The second-order valence-corrected chi connectivity index (χ2v) is 5.86. The van der Waals surface area contributed by atoms with Crippen molar-refractivity contribution in [2.75, 3.05) is 0 Å².